The number of anilines is 2. The van der Waals surface area contributed by atoms with Crippen LogP contribution >= 0.6 is 23.1 Å². The number of nitrogens with zero attached hydrogens (tertiary/aromatic N) is 3. The highest BCUT2D eigenvalue weighted by atomic mass is 32.2. The van der Waals surface area contributed by atoms with Gasteiger partial charge in [-0.1, -0.05) is 53.4 Å². The summed E-state index contributed by atoms with van der Waals surface area (Å²) in [5, 5.41) is 11.0. The number of aromatic nitrogens is 2. The topological polar surface area (TPSA) is 111 Å². The van der Waals surface area contributed by atoms with Crippen molar-refractivity contribution in [3.63, 3.8) is 0 Å². The molecule has 1 N–H and O–H groups in total. The molecule has 1 aromatic heterocycles. The van der Waals surface area contributed by atoms with Crippen molar-refractivity contribution in [2.45, 2.75) is 10.1 Å². The Kier molecular flexibility index (Phi) is 6.30. The van der Waals surface area contributed by atoms with Crippen LogP contribution in [0.1, 0.15) is 5.56 Å². The molecule has 2 aromatic carbocycles. The highest BCUT2D eigenvalue weighted by Crippen LogP contribution is 2.36. The Balaban J connectivity index is 1.40. The van der Waals surface area contributed by atoms with Gasteiger partial charge < -0.3 is 9.47 Å². The van der Waals surface area contributed by atoms with Crippen molar-refractivity contribution < 1.29 is 22.7 Å². The van der Waals surface area contributed by atoms with Crippen LogP contribution < -0.4 is 19.1 Å². The monoisotopic (exact) mass is 478 g/mol. The fourth-order valence-electron chi connectivity index (χ4n) is 2.77. The highest BCUT2D eigenvalue weighted by molar-refractivity contribution is 8.00. The van der Waals surface area contributed by atoms with Crippen LogP contribution in [0.4, 0.5) is 10.8 Å². The molecule has 1 aliphatic heterocycles. The molecule has 2 heterocycles. The van der Waals surface area contributed by atoms with Gasteiger partial charge in [0, 0.05) is 11.8 Å². The maximum Gasteiger partial charge on any atom is 0.246 e. The number of ether oxygens (including phenoxy) is 2. The molecular formula is C19H18N4O5S3. The SMILES string of the molecule is CS(=O)(=O)N(CC(=O)Nc1nnc(SCc2ccccc2)s1)c1ccc2c(c1)OCO2. The predicted octanol–water partition coefficient (Wildman–Crippen LogP) is 2.96. The zero-order valence-electron chi connectivity index (χ0n) is 16.3. The molecule has 4 rings (SSSR count). The lowest BCUT2D eigenvalue weighted by molar-refractivity contribution is -0.114. The standard InChI is InChI=1S/C19H18N4O5S3/c1-31(25,26)23(14-7-8-15-16(9-14)28-12-27-15)10-17(24)20-18-21-22-19(30-18)29-11-13-5-3-2-4-6-13/h2-9H,10-12H2,1H3,(H,20,21,24). The molecule has 0 bridgehead atoms. The molecule has 1 aliphatic rings. The van der Waals surface area contributed by atoms with Crippen molar-refractivity contribution in [1.82, 2.24) is 10.2 Å². The smallest absolute Gasteiger partial charge is 0.246 e. The number of benzene rings is 2. The van der Waals surface area contributed by atoms with Crippen molar-refractivity contribution in [2.24, 2.45) is 0 Å². The van der Waals surface area contributed by atoms with Gasteiger partial charge in [-0.25, -0.2) is 8.42 Å². The van der Waals surface area contributed by atoms with Crippen LogP contribution in [0.2, 0.25) is 0 Å². The van der Waals surface area contributed by atoms with E-state index in [1.807, 2.05) is 30.3 Å². The largest absolute Gasteiger partial charge is 0.454 e. The molecule has 1 amide bonds. The van der Waals surface area contributed by atoms with Gasteiger partial charge in [0.05, 0.1) is 11.9 Å². The molecule has 0 unspecified atom stereocenters. The van der Waals surface area contributed by atoms with Gasteiger partial charge in [-0.05, 0) is 17.7 Å². The van der Waals surface area contributed by atoms with E-state index in [1.165, 1.54) is 29.2 Å². The van der Waals surface area contributed by atoms with Crippen LogP contribution in [-0.4, -0.2) is 44.1 Å². The van der Waals surface area contributed by atoms with Crippen molar-refractivity contribution in [3.05, 3.63) is 54.1 Å². The predicted molar refractivity (Wildman–Crippen MR) is 119 cm³/mol. The maximum atomic E-state index is 12.5. The Labute approximate surface area is 187 Å². The van der Waals surface area contributed by atoms with Crippen LogP contribution in [0.5, 0.6) is 11.5 Å². The van der Waals surface area contributed by atoms with E-state index in [2.05, 4.69) is 15.5 Å². The fraction of sp³-hybridized carbons (Fsp3) is 0.211. The first-order valence-electron chi connectivity index (χ1n) is 9.06. The van der Waals surface area contributed by atoms with Crippen molar-refractivity contribution in [3.8, 4) is 11.5 Å². The summed E-state index contributed by atoms with van der Waals surface area (Å²) in [6, 6.07) is 14.6. The maximum absolute atomic E-state index is 12.5. The van der Waals surface area contributed by atoms with Crippen LogP contribution in [0.25, 0.3) is 0 Å². The van der Waals surface area contributed by atoms with Crippen LogP contribution in [-0.2, 0) is 20.6 Å². The average Bonchev–Trinajstić information content (AvgIpc) is 3.39. The second kappa shape index (κ2) is 9.12. The lowest BCUT2D eigenvalue weighted by atomic mass is 10.2. The van der Waals surface area contributed by atoms with Gasteiger partial charge in [-0.3, -0.25) is 14.4 Å². The van der Waals surface area contributed by atoms with E-state index in [0.29, 0.717) is 26.7 Å². The Morgan fingerprint density at radius 1 is 1.16 bits per heavy atom. The molecule has 0 saturated heterocycles. The molecule has 0 fully saturated rings. The van der Waals surface area contributed by atoms with Gasteiger partial charge in [-0.2, -0.15) is 0 Å². The van der Waals surface area contributed by atoms with Crippen LogP contribution in [0.3, 0.4) is 0 Å². The van der Waals surface area contributed by atoms with Gasteiger partial charge in [0.25, 0.3) is 0 Å². The van der Waals surface area contributed by atoms with E-state index < -0.39 is 22.5 Å². The number of amides is 1. The van der Waals surface area contributed by atoms with Crippen LogP contribution in [0, 0.1) is 0 Å². The zero-order chi connectivity index (χ0) is 21.8. The summed E-state index contributed by atoms with van der Waals surface area (Å²) in [5.74, 6) is 1.15. The third kappa shape index (κ3) is 5.46. The second-order valence-corrected chi connectivity index (χ2v) is 10.6. The number of carbonyl (C=O) groups excluding carboxylic acids is 1. The number of fused-ring (bicyclic) bond motifs is 1. The lowest BCUT2D eigenvalue weighted by Gasteiger charge is -2.21. The van der Waals surface area contributed by atoms with E-state index in [-0.39, 0.29) is 6.79 Å². The van der Waals surface area contributed by atoms with E-state index >= 15 is 0 Å². The minimum Gasteiger partial charge on any atom is -0.454 e. The minimum absolute atomic E-state index is 0.0693. The van der Waals surface area contributed by atoms with Gasteiger partial charge in [-0.15, -0.1) is 10.2 Å². The molecule has 9 nitrogen and oxygen atoms in total. The zero-order valence-corrected chi connectivity index (χ0v) is 18.8. The Hall–Kier alpha value is -2.83. The van der Waals surface area contributed by atoms with Crippen molar-refractivity contribution in [2.75, 3.05) is 29.2 Å². The summed E-state index contributed by atoms with van der Waals surface area (Å²) in [5.41, 5.74) is 1.46. The van der Waals surface area contributed by atoms with Crippen molar-refractivity contribution in [1.29, 1.82) is 0 Å². The first-order chi connectivity index (χ1) is 14.9. The molecule has 0 spiro atoms. The van der Waals surface area contributed by atoms with Crippen LogP contribution in [0.15, 0.2) is 52.9 Å². The van der Waals surface area contributed by atoms with Gasteiger partial charge in [0.2, 0.25) is 27.9 Å². The number of hydrogen-bond donors (Lipinski definition) is 1. The number of carbonyl (C=O) groups is 1. The third-order valence-corrected chi connectivity index (χ3v) is 7.37. The van der Waals surface area contributed by atoms with E-state index in [1.54, 1.807) is 12.1 Å². The molecule has 31 heavy (non-hydrogen) atoms. The average molecular weight is 479 g/mol. The Morgan fingerprint density at radius 2 is 1.94 bits per heavy atom. The number of hydrogen-bond acceptors (Lipinski definition) is 9. The first kappa shape index (κ1) is 21.4. The van der Waals surface area contributed by atoms with E-state index in [4.69, 9.17) is 9.47 Å². The first-order valence-corrected chi connectivity index (χ1v) is 12.7. The van der Waals surface area contributed by atoms with E-state index in [0.717, 1.165) is 21.9 Å². The summed E-state index contributed by atoms with van der Waals surface area (Å²) in [4.78, 5) is 12.5. The molecule has 0 saturated carbocycles. The minimum atomic E-state index is -3.72. The Morgan fingerprint density at radius 3 is 2.71 bits per heavy atom. The lowest BCUT2D eigenvalue weighted by Crippen LogP contribution is -2.37. The quantitative estimate of drug-likeness (QED) is 0.389. The molecule has 0 atom stereocenters. The second-order valence-electron chi connectivity index (χ2n) is 6.50. The van der Waals surface area contributed by atoms with Gasteiger partial charge >= 0.3 is 0 Å². The molecular weight excluding hydrogens is 460 g/mol. The van der Waals surface area contributed by atoms with Gasteiger partial charge in [0.15, 0.2) is 15.8 Å². The summed E-state index contributed by atoms with van der Waals surface area (Å²) in [6.45, 7) is -0.343. The third-order valence-electron chi connectivity index (χ3n) is 4.19. The Bertz CT molecular complexity index is 1180. The summed E-state index contributed by atoms with van der Waals surface area (Å²) in [6.07, 6.45) is 1.04. The molecule has 162 valence electrons. The van der Waals surface area contributed by atoms with Crippen molar-refractivity contribution >= 4 is 49.8 Å². The summed E-state index contributed by atoms with van der Waals surface area (Å²) in [7, 11) is -3.72. The number of thioether (sulfide) groups is 1. The normalized spacial score (nSPS) is 12.5. The number of nitrogens with one attached hydrogen (secondary N) is 1. The summed E-state index contributed by atoms with van der Waals surface area (Å²) >= 11 is 2.74. The fourth-order valence-corrected chi connectivity index (χ4v) is 5.34. The summed E-state index contributed by atoms with van der Waals surface area (Å²) < 4.78 is 36.8. The highest BCUT2D eigenvalue weighted by Gasteiger charge is 2.24. The molecule has 3 aromatic rings. The van der Waals surface area contributed by atoms with Gasteiger partial charge in [0.1, 0.15) is 6.54 Å². The number of sulfonamides is 1. The molecule has 0 aliphatic carbocycles. The molecule has 0 radical (unpaired) electrons. The molecule has 12 heteroatoms. The van der Waals surface area contributed by atoms with E-state index in [9.17, 15) is 13.2 Å². The number of rotatable bonds is 8.